The molecule has 2 aromatic carbocycles. The number of ether oxygens (including phenoxy) is 3. The molecule has 1 spiro atoms. The Labute approximate surface area is 187 Å². The molecule has 2 heterocycles. The van der Waals surface area contributed by atoms with Crippen LogP contribution in [0.25, 0.3) is 0 Å². The highest BCUT2D eigenvalue weighted by Gasteiger charge is 2.65. The van der Waals surface area contributed by atoms with Gasteiger partial charge in [0.15, 0.2) is 11.5 Å². The summed E-state index contributed by atoms with van der Waals surface area (Å²) in [6.45, 7) is 3.24. The van der Waals surface area contributed by atoms with Crippen molar-refractivity contribution in [3.63, 3.8) is 0 Å². The zero-order valence-electron chi connectivity index (χ0n) is 18.1. The summed E-state index contributed by atoms with van der Waals surface area (Å²) in [5.41, 5.74) is 3.08. The standard InChI is InChI=1S/C26H27NO5/c1-2-30-25(29)27-13-12-26-18-9-10-20(28)24(26)32-23-21(31-15-16-6-4-3-5-7-16)11-8-17(22(23)26)14-19(18)27/h3-11,18-20,24,28H,2,12-15H2,1H3/t18?,19?,20-,24-,26-/m0/s1. The number of amides is 1. The van der Waals surface area contributed by atoms with Gasteiger partial charge in [-0.25, -0.2) is 4.79 Å². The Kier molecular flexibility index (Phi) is 4.47. The van der Waals surface area contributed by atoms with Gasteiger partial charge in [0.25, 0.3) is 0 Å². The molecule has 2 aromatic rings. The van der Waals surface area contributed by atoms with Gasteiger partial charge in [-0.2, -0.15) is 0 Å². The molecule has 1 saturated heterocycles. The van der Waals surface area contributed by atoms with E-state index >= 15 is 0 Å². The van der Waals surface area contributed by atoms with Crippen LogP contribution >= 0.6 is 0 Å². The van der Waals surface area contributed by atoms with Crippen LogP contribution < -0.4 is 9.47 Å². The number of aliphatic hydroxyl groups excluding tert-OH is 1. The van der Waals surface area contributed by atoms with E-state index in [0.717, 1.165) is 24.2 Å². The van der Waals surface area contributed by atoms with E-state index in [9.17, 15) is 9.90 Å². The van der Waals surface area contributed by atoms with Crippen molar-refractivity contribution in [3.05, 3.63) is 71.3 Å². The van der Waals surface area contributed by atoms with Crippen LogP contribution in [0.15, 0.2) is 54.6 Å². The number of nitrogens with zero attached hydrogens (tertiary/aromatic N) is 1. The lowest BCUT2D eigenvalue weighted by Crippen LogP contribution is -2.66. The molecule has 6 rings (SSSR count). The molecule has 166 valence electrons. The normalized spacial score (nSPS) is 31.0. The van der Waals surface area contributed by atoms with Gasteiger partial charge in [-0.05, 0) is 37.0 Å². The molecular formula is C26H27NO5. The van der Waals surface area contributed by atoms with E-state index in [1.807, 2.05) is 54.3 Å². The predicted octanol–water partition coefficient (Wildman–Crippen LogP) is 3.60. The minimum Gasteiger partial charge on any atom is -0.485 e. The fourth-order valence-electron chi connectivity index (χ4n) is 6.33. The van der Waals surface area contributed by atoms with Crippen molar-refractivity contribution in [1.29, 1.82) is 0 Å². The first kappa shape index (κ1) is 19.7. The van der Waals surface area contributed by atoms with Gasteiger partial charge < -0.3 is 24.2 Å². The second-order valence-corrected chi connectivity index (χ2v) is 9.10. The number of piperidine rings is 1. The van der Waals surface area contributed by atoms with Gasteiger partial charge in [0.2, 0.25) is 0 Å². The summed E-state index contributed by atoms with van der Waals surface area (Å²) in [5, 5.41) is 10.9. The van der Waals surface area contributed by atoms with Crippen LogP contribution in [0, 0.1) is 5.92 Å². The average molecular weight is 434 g/mol. The van der Waals surface area contributed by atoms with Gasteiger partial charge in [-0.1, -0.05) is 48.6 Å². The molecule has 1 fully saturated rings. The molecule has 4 aliphatic rings. The summed E-state index contributed by atoms with van der Waals surface area (Å²) in [7, 11) is 0. The molecule has 1 N–H and O–H groups in total. The van der Waals surface area contributed by atoms with E-state index < -0.39 is 6.10 Å². The molecule has 1 amide bonds. The third kappa shape index (κ3) is 2.65. The number of carbonyl (C=O) groups is 1. The average Bonchev–Trinajstić information content (AvgIpc) is 3.15. The molecule has 6 nitrogen and oxygen atoms in total. The quantitative estimate of drug-likeness (QED) is 0.747. The molecule has 5 atom stereocenters. The predicted molar refractivity (Wildman–Crippen MR) is 118 cm³/mol. The number of carbonyl (C=O) groups excluding carboxylic acids is 1. The summed E-state index contributed by atoms with van der Waals surface area (Å²) in [6, 6.07) is 14.1. The van der Waals surface area contributed by atoms with Crippen LogP contribution in [-0.4, -0.2) is 47.5 Å². The molecular weight excluding hydrogens is 406 g/mol. The molecule has 32 heavy (non-hydrogen) atoms. The molecule has 2 aliphatic heterocycles. The molecule has 2 aliphatic carbocycles. The van der Waals surface area contributed by atoms with Crippen molar-refractivity contribution < 1.29 is 24.1 Å². The SMILES string of the molecule is CCOC(=O)N1CC[C@]23c4c5ccc(OCc6ccccc6)c4O[C@H]2[C@@H](O)C=CC3C1C5. The Morgan fingerprint density at radius 3 is 2.88 bits per heavy atom. The van der Waals surface area contributed by atoms with E-state index in [-0.39, 0.29) is 29.6 Å². The highest BCUT2D eigenvalue weighted by atomic mass is 16.6. The Morgan fingerprint density at radius 1 is 1.22 bits per heavy atom. The maximum Gasteiger partial charge on any atom is 0.410 e. The third-order valence-corrected chi connectivity index (χ3v) is 7.60. The maximum atomic E-state index is 12.7. The first-order chi connectivity index (χ1) is 15.6. The number of aliphatic hydroxyl groups is 1. The molecule has 0 aromatic heterocycles. The Morgan fingerprint density at radius 2 is 2.06 bits per heavy atom. The van der Waals surface area contributed by atoms with Crippen LogP contribution in [-0.2, 0) is 23.2 Å². The highest BCUT2D eigenvalue weighted by molar-refractivity contribution is 5.70. The molecule has 2 unspecified atom stereocenters. The van der Waals surface area contributed by atoms with Gasteiger partial charge in [0.05, 0.1) is 6.61 Å². The fourth-order valence-corrected chi connectivity index (χ4v) is 6.33. The van der Waals surface area contributed by atoms with E-state index in [4.69, 9.17) is 14.2 Å². The van der Waals surface area contributed by atoms with Crippen LogP contribution in [0.4, 0.5) is 4.79 Å². The van der Waals surface area contributed by atoms with Crippen molar-refractivity contribution in [2.45, 2.75) is 50.0 Å². The van der Waals surface area contributed by atoms with E-state index in [0.29, 0.717) is 25.5 Å². The lowest BCUT2D eigenvalue weighted by molar-refractivity contribution is -0.0485. The maximum absolute atomic E-state index is 12.7. The van der Waals surface area contributed by atoms with E-state index in [1.165, 1.54) is 11.1 Å². The largest absolute Gasteiger partial charge is 0.485 e. The van der Waals surface area contributed by atoms with Gasteiger partial charge in [-0.3, -0.25) is 0 Å². The number of benzene rings is 2. The summed E-state index contributed by atoms with van der Waals surface area (Å²) in [4.78, 5) is 14.6. The number of rotatable bonds is 4. The lowest BCUT2D eigenvalue weighted by atomic mass is 9.53. The third-order valence-electron chi connectivity index (χ3n) is 7.60. The zero-order valence-corrected chi connectivity index (χ0v) is 18.1. The van der Waals surface area contributed by atoms with Crippen molar-refractivity contribution in [1.82, 2.24) is 4.90 Å². The zero-order chi connectivity index (χ0) is 21.9. The summed E-state index contributed by atoms with van der Waals surface area (Å²) >= 11 is 0. The smallest absolute Gasteiger partial charge is 0.410 e. The first-order valence-electron chi connectivity index (χ1n) is 11.4. The molecule has 0 radical (unpaired) electrons. The monoisotopic (exact) mass is 433 g/mol. The Bertz CT molecular complexity index is 1080. The summed E-state index contributed by atoms with van der Waals surface area (Å²) in [6.07, 6.45) is 4.06. The minimum absolute atomic E-state index is 0.00723. The van der Waals surface area contributed by atoms with Crippen molar-refractivity contribution >= 4 is 6.09 Å². The highest BCUT2D eigenvalue weighted by Crippen LogP contribution is 2.62. The van der Waals surface area contributed by atoms with Gasteiger partial charge >= 0.3 is 6.09 Å². The lowest BCUT2D eigenvalue weighted by Gasteiger charge is -2.56. The fraction of sp³-hybridized carbons (Fsp3) is 0.423. The first-order valence-corrected chi connectivity index (χ1v) is 11.4. The molecule has 2 bridgehead atoms. The van der Waals surface area contributed by atoms with Crippen molar-refractivity contribution in [2.75, 3.05) is 13.2 Å². The van der Waals surface area contributed by atoms with Crippen molar-refractivity contribution in [2.24, 2.45) is 5.92 Å². The topological polar surface area (TPSA) is 68.2 Å². The molecule has 0 saturated carbocycles. The van der Waals surface area contributed by atoms with Gasteiger partial charge in [0.1, 0.15) is 18.8 Å². The summed E-state index contributed by atoms with van der Waals surface area (Å²) < 4.78 is 18.1. The molecule has 6 heteroatoms. The van der Waals surface area contributed by atoms with Crippen molar-refractivity contribution in [3.8, 4) is 11.5 Å². The number of hydrogen-bond donors (Lipinski definition) is 1. The Balaban J connectivity index is 1.41. The van der Waals surface area contributed by atoms with Crippen LogP contribution in [0.5, 0.6) is 11.5 Å². The van der Waals surface area contributed by atoms with Crippen LogP contribution in [0.3, 0.4) is 0 Å². The van der Waals surface area contributed by atoms with E-state index in [2.05, 4.69) is 12.1 Å². The Hall–Kier alpha value is -2.99. The second-order valence-electron chi connectivity index (χ2n) is 9.10. The van der Waals surface area contributed by atoms with Crippen LogP contribution in [0.2, 0.25) is 0 Å². The van der Waals surface area contributed by atoms with E-state index in [1.54, 1.807) is 0 Å². The summed E-state index contributed by atoms with van der Waals surface area (Å²) in [5.74, 6) is 1.56. The number of hydrogen-bond acceptors (Lipinski definition) is 5. The van der Waals surface area contributed by atoms with Gasteiger partial charge in [-0.15, -0.1) is 0 Å². The van der Waals surface area contributed by atoms with Crippen LogP contribution in [0.1, 0.15) is 30.0 Å². The number of likely N-dealkylation sites (tertiary alicyclic amines) is 1. The second kappa shape index (κ2) is 7.27. The van der Waals surface area contributed by atoms with Gasteiger partial charge in [0, 0.05) is 29.5 Å². The minimum atomic E-state index is -0.693.